The number of rotatable bonds is 5. The molecule has 0 N–H and O–H groups in total. The monoisotopic (exact) mass is 641 g/mol. The second-order valence-corrected chi connectivity index (χ2v) is 9.14. The molecule has 30 heavy (non-hydrogen) atoms. The summed E-state index contributed by atoms with van der Waals surface area (Å²) in [5, 5.41) is 0.481. The molecule has 0 radical (unpaired) electrons. The van der Waals surface area contributed by atoms with Crippen LogP contribution in [0.15, 0.2) is 77.4 Å². The lowest BCUT2D eigenvalue weighted by molar-refractivity contribution is -0.129. The minimum absolute atomic E-state index is 0.212. The van der Waals surface area contributed by atoms with E-state index in [0.717, 1.165) is 24.0 Å². The average Bonchev–Trinajstić information content (AvgIpc) is 3.08. The van der Waals surface area contributed by atoms with Crippen LogP contribution in [0.2, 0.25) is 5.02 Å². The Labute approximate surface area is 206 Å². The quantitative estimate of drug-likeness (QED) is 0.182. The zero-order valence-corrected chi connectivity index (χ0v) is 20.5. The van der Waals surface area contributed by atoms with Crippen LogP contribution >= 0.6 is 56.8 Å². The number of nitrogens with zero attached hydrogens (tertiary/aromatic N) is 1. The smallest absolute Gasteiger partial charge is 0.363 e. The van der Waals surface area contributed by atoms with Gasteiger partial charge >= 0.3 is 5.97 Å². The number of hydrogen-bond acceptors (Lipinski definition) is 4. The minimum Gasteiger partial charge on any atom is -0.487 e. The SMILES string of the molecule is O=C1OC(c2ccccc2Cl)=N/C1=C\c1cc(I)c(OCc2ccccc2)c(I)c1. The molecule has 0 saturated heterocycles. The number of carbonyl (C=O) groups is 1. The van der Waals surface area contributed by atoms with Crippen LogP contribution in [0.3, 0.4) is 0 Å². The summed E-state index contributed by atoms with van der Waals surface area (Å²) >= 11 is 10.7. The van der Waals surface area contributed by atoms with Gasteiger partial charge in [-0.2, -0.15) is 0 Å². The molecule has 0 amide bonds. The fourth-order valence-corrected chi connectivity index (χ4v) is 5.19. The molecule has 4 nitrogen and oxygen atoms in total. The molecule has 1 aliphatic heterocycles. The number of cyclic esters (lactones) is 1. The molecule has 0 spiro atoms. The van der Waals surface area contributed by atoms with Gasteiger partial charge in [0.1, 0.15) is 12.4 Å². The lowest BCUT2D eigenvalue weighted by Crippen LogP contribution is -2.05. The van der Waals surface area contributed by atoms with Crippen molar-refractivity contribution >= 4 is 74.7 Å². The summed E-state index contributed by atoms with van der Waals surface area (Å²) in [6.45, 7) is 0.491. The molecular formula is C23H14ClI2NO3. The Morgan fingerprint density at radius 2 is 1.67 bits per heavy atom. The van der Waals surface area contributed by atoms with E-state index in [4.69, 9.17) is 21.1 Å². The molecule has 1 aliphatic rings. The third-order valence-electron chi connectivity index (χ3n) is 4.27. The number of aliphatic imine (C=N–C) groups is 1. The molecule has 0 aromatic heterocycles. The summed E-state index contributed by atoms with van der Waals surface area (Å²) in [7, 11) is 0. The van der Waals surface area contributed by atoms with E-state index in [1.165, 1.54) is 0 Å². The van der Waals surface area contributed by atoms with Crippen molar-refractivity contribution in [2.24, 2.45) is 4.99 Å². The van der Waals surface area contributed by atoms with Crippen molar-refractivity contribution in [1.82, 2.24) is 0 Å². The molecule has 1 heterocycles. The number of hydrogen-bond donors (Lipinski definition) is 0. The Hall–Kier alpha value is -1.91. The summed E-state index contributed by atoms with van der Waals surface area (Å²) in [6, 6.07) is 21.0. The van der Waals surface area contributed by atoms with Gasteiger partial charge in [-0.1, -0.05) is 54.1 Å². The molecule has 0 saturated carbocycles. The maximum Gasteiger partial charge on any atom is 0.363 e. The second kappa shape index (κ2) is 9.49. The van der Waals surface area contributed by atoms with E-state index in [0.29, 0.717) is 17.2 Å². The number of esters is 1. The van der Waals surface area contributed by atoms with E-state index in [1.54, 1.807) is 18.2 Å². The standard InChI is InChI=1S/C23H14ClI2NO3/c24-17-9-5-4-8-16(17)22-27-20(23(28)30-22)12-15-10-18(25)21(19(26)11-15)29-13-14-6-2-1-3-7-14/h1-12H,13H2/b20-12-. The molecule has 0 bridgehead atoms. The first-order chi connectivity index (χ1) is 14.5. The van der Waals surface area contributed by atoms with Gasteiger partial charge in [-0.25, -0.2) is 9.79 Å². The lowest BCUT2D eigenvalue weighted by atomic mass is 10.2. The van der Waals surface area contributed by atoms with Gasteiger partial charge in [0.2, 0.25) is 5.90 Å². The maximum atomic E-state index is 12.3. The third kappa shape index (κ3) is 4.87. The van der Waals surface area contributed by atoms with Crippen molar-refractivity contribution < 1.29 is 14.3 Å². The van der Waals surface area contributed by atoms with Crippen LogP contribution < -0.4 is 4.74 Å². The van der Waals surface area contributed by atoms with Gasteiger partial charge in [-0.05, 0) is 86.7 Å². The highest BCUT2D eigenvalue weighted by atomic mass is 127. The minimum atomic E-state index is -0.501. The summed E-state index contributed by atoms with van der Waals surface area (Å²) in [6.07, 6.45) is 1.71. The van der Waals surface area contributed by atoms with Gasteiger partial charge < -0.3 is 9.47 Å². The van der Waals surface area contributed by atoms with Crippen LogP contribution in [0.4, 0.5) is 0 Å². The molecule has 4 rings (SSSR count). The van der Waals surface area contributed by atoms with Crippen LogP contribution in [-0.4, -0.2) is 11.9 Å². The molecule has 3 aromatic carbocycles. The van der Waals surface area contributed by atoms with Gasteiger partial charge in [0.05, 0.1) is 17.7 Å². The van der Waals surface area contributed by atoms with Crippen LogP contribution in [0.1, 0.15) is 16.7 Å². The molecule has 3 aromatic rings. The zero-order chi connectivity index (χ0) is 21.1. The Balaban J connectivity index is 1.58. The summed E-state index contributed by atoms with van der Waals surface area (Å²) in [5.74, 6) is 0.528. The van der Waals surface area contributed by atoms with E-state index in [-0.39, 0.29) is 11.6 Å². The molecule has 0 aliphatic carbocycles. The predicted molar refractivity (Wildman–Crippen MR) is 135 cm³/mol. The molecule has 7 heteroatoms. The van der Waals surface area contributed by atoms with Crippen molar-refractivity contribution in [2.75, 3.05) is 0 Å². The first-order valence-electron chi connectivity index (χ1n) is 8.94. The van der Waals surface area contributed by atoms with Gasteiger partial charge in [-0.15, -0.1) is 0 Å². The number of carbonyl (C=O) groups excluding carboxylic acids is 1. The molecule has 0 unspecified atom stereocenters. The summed E-state index contributed by atoms with van der Waals surface area (Å²) in [5.41, 5.74) is 2.76. The summed E-state index contributed by atoms with van der Waals surface area (Å²) < 4.78 is 13.2. The van der Waals surface area contributed by atoms with Crippen LogP contribution in [-0.2, 0) is 16.1 Å². The fraction of sp³-hybridized carbons (Fsp3) is 0.0435. The van der Waals surface area contributed by atoms with E-state index in [1.807, 2.05) is 54.6 Å². The molecule has 0 atom stereocenters. The van der Waals surface area contributed by atoms with Crippen molar-refractivity contribution in [2.45, 2.75) is 6.61 Å². The van der Waals surface area contributed by atoms with Crippen LogP contribution in [0, 0.1) is 7.14 Å². The topological polar surface area (TPSA) is 47.9 Å². The van der Waals surface area contributed by atoms with Crippen LogP contribution in [0.25, 0.3) is 6.08 Å². The molecule has 0 fully saturated rings. The van der Waals surface area contributed by atoms with E-state index in [2.05, 4.69) is 50.2 Å². The zero-order valence-electron chi connectivity index (χ0n) is 15.4. The highest BCUT2D eigenvalue weighted by molar-refractivity contribution is 14.1. The van der Waals surface area contributed by atoms with Gasteiger partial charge in [0, 0.05) is 0 Å². The van der Waals surface area contributed by atoms with E-state index in [9.17, 15) is 4.79 Å². The van der Waals surface area contributed by atoms with Gasteiger partial charge in [-0.3, -0.25) is 0 Å². The Bertz CT molecular complexity index is 1150. The first kappa shape index (κ1) is 21.3. The predicted octanol–water partition coefficient (Wildman–Crippen LogP) is 6.47. The van der Waals surface area contributed by atoms with Crippen molar-refractivity contribution in [3.05, 3.63) is 101 Å². The Morgan fingerprint density at radius 3 is 2.37 bits per heavy atom. The lowest BCUT2D eigenvalue weighted by Gasteiger charge is -2.11. The fourth-order valence-electron chi connectivity index (χ4n) is 2.85. The van der Waals surface area contributed by atoms with Crippen molar-refractivity contribution in [3.63, 3.8) is 0 Å². The largest absolute Gasteiger partial charge is 0.487 e. The number of ether oxygens (including phenoxy) is 2. The summed E-state index contributed by atoms with van der Waals surface area (Å²) in [4.78, 5) is 16.6. The average molecular weight is 642 g/mol. The van der Waals surface area contributed by atoms with Crippen LogP contribution in [0.5, 0.6) is 5.75 Å². The van der Waals surface area contributed by atoms with Gasteiger partial charge in [0.15, 0.2) is 5.70 Å². The molecule has 150 valence electrons. The highest BCUT2D eigenvalue weighted by Crippen LogP contribution is 2.31. The van der Waals surface area contributed by atoms with Crippen molar-refractivity contribution in [3.8, 4) is 5.75 Å². The number of halogens is 3. The second-order valence-electron chi connectivity index (χ2n) is 6.40. The Morgan fingerprint density at radius 1 is 1.00 bits per heavy atom. The number of benzene rings is 3. The van der Waals surface area contributed by atoms with E-state index >= 15 is 0 Å². The maximum absolute atomic E-state index is 12.3. The normalized spacial score (nSPS) is 14.6. The van der Waals surface area contributed by atoms with Crippen molar-refractivity contribution in [1.29, 1.82) is 0 Å². The first-order valence-corrected chi connectivity index (χ1v) is 11.5. The Kier molecular flexibility index (Phi) is 6.74. The third-order valence-corrected chi connectivity index (χ3v) is 6.21. The molecular weight excluding hydrogens is 628 g/mol. The highest BCUT2D eigenvalue weighted by Gasteiger charge is 2.25. The van der Waals surface area contributed by atoms with E-state index < -0.39 is 5.97 Å². The van der Waals surface area contributed by atoms with Gasteiger partial charge in [0.25, 0.3) is 0 Å².